The van der Waals surface area contributed by atoms with Gasteiger partial charge in [-0.1, -0.05) is 13.0 Å². The summed E-state index contributed by atoms with van der Waals surface area (Å²) in [5.74, 6) is -0.135. The molecular formula is C21H26FN5O. The van der Waals surface area contributed by atoms with Gasteiger partial charge < -0.3 is 10.2 Å². The van der Waals surface area contributed by atoms with Crippen LogP contribution in [0, 0.1) is 31.0 Å². The molecule has 148 valence electrons. The Morgan fingerprint density at radius 3 is 2.50 bits per heavy atom. The summed E-state index contributed by atoms with van der Waals surface area (Å²) in [4.78, 5) is 17.2. The van der Waals surface area contributed by atoms with Crippen LogP contribution in [0.1, 0.15) is 23.7 Å². The molecule has 1 amide bonds. The third-order valence-corrected chi connectivity index (χ3v) is 5.43. The molecule has 1 aromatic carbocycles. The highest BCUT2D eigenvalue weighted by molar-refractivity contribution is 5.93. The summed E-state index contributed by atoms with van der Waals surface area (Å²) in [6.45, 7) is 10.7. The Morgan fingerprint density at radius 1 is 1.21 bits per heavy atom. The van der Waals surface area contributed by atoms with Crippen LogP contribution < -0.4 is 5.32 Å². The lowest BCUT2D eigenvalue weighted by atomic mass is 10.2. The van der Waals surface area contributed by atoms with Crippen molar-refractivity contribution in [1.82, 2.24) is 14.4 Å². The second-order valence-corrected chi connectivity index (χ2v) is 7.12. The maximum absolute atomic E-state index is 13.8. The highest BCUT2D eigenvalue weighted by Gasteiger charge is 2.23. The Morgan fingerprint density at radius 2 is 1.89 bits per heavy atom. The lowest BCUT2D eigenvalue weighted by Crippen LogP contribution is -2.48. The third-order valence-electron chi connectivity index (χ3n) is 5.43. The molecule has 1 N–H and O–H groups in total. The number of amides is 1. The molecule has 0 unspecified atom stereocenters. The van der Waals surface area contributed by atoms with E-state index in [1.807, 2.05) is 13.8 Å². The number of hydrogen-bond acceptors (Lipinski definition) is 4. The third kappa shape index (κ3) is 4.08. The van der Waals surface area contributed by atoms with Crippen LogP contribution in [0.5, 0.6) is 0 Å². The van der Waals surface area contributed by atoms with Crippen LogP contribution in [0.25, 0.3) is 5.69 Å². The quantitative estimate of drug-likeness (QED) is 0.862. The molecule has 3 rings (SSSR count). The van der Waals surface area contributed by atoms with Gasteiger partial charge in [0, 0.05) is 31.9 Å². The van der Waals surface area contributed by atoms with E-state index in [-0.39, 0.29) is 18.3 Å². The molecule has 0 radical (unpaired) electrons. The molecule has 1 aliphatic heterocycles. The lowest BCUT2D eigenvalue weighted by molar-refractivity contribution is -0.117. The van der Waals surface area contributed by atoms with Gasteiger partial charge in [-0.05, 0) is 44.2 Å². The zero-order chi connectivity index (χ0) is 20.3. The predicted molar refractivity (Wildman–Crippen MR) is 107 cm³/mol. The summed E-state index contributed by atoms with van der Waals surface area (Å²) in [7, 11) is 0. The normalized spacial score (nSPS) is 15.4. The highest BCUT2D eigenvalue weighted by atomic mass is 19.1. The van der Waals surface area contributed by atoms with Gasteiger partial charge in [0.2, 0.25) is 5.91 Å². The molecule has 1 aromatic heterocycles. The summed E-state index contributed by atoms with van der Waals surface area (Å²) in [6.07, 6.45) is 0. The Labute approximate surface area is 165 Å². The van der Waals surface area contributed by atoms with Crippen LogP contribution in [0.4, 0.5) is 10.2 Å². The fourth-order valence-corrected chi connectivity index (χ4v) is 3.64. The average Bonchev–Trinajstić information content (AvgIpc) is 2.91. The van der Waals surface area contributed by atoms with Gasteiger partial charge in [0.1, 0.15) is 17.7 Å². The first-order valence-electron chi connectivity index (χ1n) is 9.57. The van der Waals surface area contributed by atoms with Crippen molar-refractivity contribution in [1.29, 1.82) is 5.26 Å². The van der Waals surface area contributed by atoms with Gasteiger partial charge in [0.05, 0.1) is 17.8 Å². The van der Waals surface area contributed by atoms with Gasteiger partial charge in [-0.3, -0.25) is 14.3 Å². The van der Waals surface area contributed by atoms with Gasteiger partial charge in [-0.25, -0.2) is 4.39 Å². The van der Waals surface area contributed by atoms with E-state index in [1.165, 1.54) is 12.1 Å². The van der Waals surface area contributed by atoms with Crippen molar-refractivity contribution in [3.8, 4) is 11.8 Å². The number of rotatable bonds is 5. The van der Waals surface area contributed by atoms with Gasteiger partial charge in [-0.15, -0.1) is 0 Å². The van der Waals surface area contributed by atoms with E-state index in [9.17, 15) is 14.4 Å². The molecule has 7 heteroatoms. The fraction of sp³-hybridized carbons (Fsp3) is 0.429. The number of benzene rings is 1. The summed E-state index contributed by atoms with van der Waals surface area (Å²) in [5, 5.41) is 12.5. The van der Waals surface area contributed by atoms with E-state index in [0.29, 0.717) is 17.1 Å². The average molecular weight is 383 g/mol. The maximum atomic E-state index is 13.8. The smallest absolute Gasteiger partial charge is 0.239 e. The standard InChI is InChI=1S/C21H26FN5O/c1-4-25-8-10-26(11-9-25)14-20(28)24-21-19(13-23)15(2)16(3)27(21)18-7-5-6-17(22)12-18/h5-7,12H,4,8-11,14H2,1-3H3,(H,24,28). The predicted octanol–water partition coefficient (Wildman–Crippen LogP) is 2.68. The van der Waals surface area contributed by atoms with E-state index in [4.69, 9.17) is 0 Å². The Hall–Kier alpha value is -2.69. The number of aromatic nitrogens is 1. The van der Waals surface area contributed by atoms with Crippen molar-refractivity contribution >= 4 is 11.7 Å². The van der Waals surface area contributed by atoms with Crippen molar-refractivity contribution in [3.05, 3.63) is 46.9 Å². The van der Waals surface area contributed by atoms with Gasteiger partial charge in [0.25, 0.3) is 0 Å². The summed E-state index contributed by atoms with van der Waals surface area (Å²) in [6, 6.07) is 8.32. The first-order valence-corrected chi connectivity index (χ1v) is 9.57. The molecule has 0 aliphatic carbocycles. The van der Waals surface area contributed by atoms with Gasteiger partial charge >= 0.3 is 0 Å². The summed E-state index contributed by atoms with van der Waals surface area (Å²) < 4.78 is 15.5. The first-order chi connectivity index (χ1) is 13.4. The van der Waals surface area contributed by atoms with E-state index in [0.717, 1.165) is 44.0 Å². The van der Waals surface area contributed by atoms with Crippen molar-refractivity contribution in [3.63, 3.8) is 0 Å². The highest BCUT2D eigenvalue weighted by Crippen LogP contribution is 2.30. The second-order valence-electron chi connectivity index (χ2n) is 7.12. The van der Waals surface area contributed by atoms with E-state index < -0.39 is 0 Å². The minimum atomic E-state index is -0.368. The summed E-state index contributed by atoms with van der Waals surface area (Å²) in [5.41, 5.74) is 2.56. The monoisotopic (exact) mass is 383 g/mol. The number of likely N-dealkylation sites (N-methyl/N-ethyl adjacent to an activating group) is 1. The molecule has 0 spiro atoms. The first kappa shape index (κ1) is 20.1. The SMILES string of the molecule is CCN1CCN(CC(=O)Nc2c(C#N)c(C)c(C)n2-c2cccc(F)c2)CC1. The van der Waals surface area contributed by atoms with E-state index in [2.05, 4.69) is 28.1 Å². The number of carbonyl (C=O) groups is 1. The van der Waals surface area contributed by atoms with Crippen LogP contribution >= 0.6 is 0 Å². The molecule has 0 saturated carbocycles. The largest absolute Gasteiger partial charge is 0.310 e. The number of nitrogens with zero attached hydrogens (tertiary/aromatic N) is 4. The van der Waals surface area contributed by atoms with Crippen LogP contribution in [0.2, 0.25) is 0 Å². The zero-order valence-corrected chi connectivity index (χ0v) is 16.6. The molecule has 1 aliphatic rings. The molecule has 0 bridgehead atoms. The number of carbonyl (C=O) groups excluding carboxylic acids is 1. The van der Waals surface area contributed by atoms with Gasteiger partial charge in [-0.2, -0.15) is 5.26 Å². The molecule has 0 atom stereocenters. The van der Waals surface area contributed by atoms with Crippen molar-refractivity contribution in [2.45, 2.75) is 20.8 Å². The van der Waals surface area contributed by atoms with Crippen LogP contribution in [0.3, 0.4) is 0 Å². The molecular weight excluding hydrogens is 357 g/mol. The molecule has 1 saturated heterocycles. The Bertz CT molecular complexity index is 906. The minimum absolute atomic E-state index is 0.170. The number of nitrogens with one attached hydrogen (secondary N) is 1. The van der Waals surface area contributed by atoms with E-state index in [1.54, 1.807) is 16.7 Å². The lowest BCUT2D eigenvalue weighted by Gasteiger charge is -2.33. The Kier molecular flexibility index (Phi) is 6.12. The summed E-state index contributed by atoms with van der Waals surface area (Å²) >= 11 is 0. The fourth-order valence-electron chi connectivity index (χ4n) is 3.64. The molecule has 6 nitrogen and oxygen atoms in total. The van der Waals surface area contributed by atoms with Crippen molar-refractivity contribution < 1.29 is 9.18 Å². The van der Waals surface area contributed by atoms with Crippen LogP contribution in [-0.4, -0.2) is 59.5 Å². The van der Waals surface area contributed by atoms with Crippen LogP contribution in [0.15, 0.2) is 24.3 Å². The topological polar surface area (TPSA) is 64.3 Å². The maximum Gasteiger partial charge on any atom is 0.239 e. The van der Waals surface area contributed by atoms with Crippen LogP contribution in [-0.2, 0) is 4.79 Å². The second kappa shape index (κ2) is 8.55. The van der Waals surface area contributed by atoms with Gasteiger partial charge in [0.15, 0.2) is 0 Å². The molecule has 2 aromatic rings. The number of nitriles is 1. The van der Waals surface area contributed by atoms with Crippen molar-refractivity contribution in [2.24, 2.45) is 0 Å². The number of halogens is 1. The van der Waals surface area contributed by atoms with E-state index >= 15 is 0 Å². The number of anilines is 1. The zero-order valence-electron chi connectivity index (χ0n) is 16.6. The molecule has 2 heterocycles. The van der Waals surface area contributed by atoms with Crippen molar-refractivity contribution in [2.75, 3.05) is 44.6 Å². The Balaban J connectivity index is 1.84. The number of hydrogen-bond donors (Lipinski definition) is 1. The number of piperazine rings is 1. The minimum Gasteiger partial charge on any atom is -0.310 e. The molecule has 1 fully saturated rings. The molecule has 28 heavy (non-hydrogen) atoms.